The Balaban J connectivity index is 1.96. The fourth-order valence-electron chi connectivity index (χ4n) is 2.36. The van der Waals surface area contributed by atoms with Crippen molar-refractivity contribution in [1.82, 2.24) is 0 Å². The first-order chi connectivity index (χ1) is 11.9. The van der Waals surface area contributed by atoms with E-state index >= 15 is 0 Å². The number of carbonyl (C=O) groups excluding carboxylic acids is 1. The Bertz CT molecular complexity index is 728. The van der Waals surface area contributed by atoms with E-state index in [0.717, 1.165) is 5.56 Å². The monoisotopic (exact) mass is 345 g/mol. The number of aliphatic carboxylic acids is 1. The summed E-state index contributed by atoms with van der Waals surface area (Å²) < 4.78 is 18.0. The molecule has 0 bridgehead atoms. The van der Waals surface area contributed by atoms with Crippen molar-refractivity contribution >= 4 is 17.6 Å². The molecule has 2 aromatic rings. The lowest BCUT2D eigenvalue weighted by Crippen LogP contribution is -2.27. The average molecular weight is 345 g/mol. The first-order valence-electron chi connectivity index (χ1n) is 7.83. The molecule has 1 atom stereocenters. The Morgan fingerprint density at radius 1 is 1.12 bits per heavy atom. The SMILES string of the molecule is CC(CC(=O)N(C)c1ccc(OCC(=O)O)cc1)c1ccc(F)cc1. The molecule has 0 spiro atoms. The van der Waals surface area contributed by atoms with Crippen LogP contribution in [0.25, 0.3) is 0 Å². The number of carboxylic acid groups (broad SMARTS) is 1. The summed E-state index contributed by atoms with van der Waals surface area (Å²) >= 11 is 0. The van der Waals surface area contributed by atoms with Gasteiger partial charge in [-0.1, -0.05) is 19.1 Å². The van der Waals surface area contributed by atoms with Gasteiger partial charge in [0.1, 0.15) is 11.6 Å². The van der Waals surface area contributed by atoms with Gasteiger partial charge in [0.2, 0.25) is 5.91 Å². The molecule has 0 aliphatic rings. The van der Waals surface area contributed by atoms with Crippen LogP contribution in [0.3, 0.4) is 0 Å². The number of ether oxygens (including phenoxy) is 1. The maximum absolute atomic E-state index is 13.0. The summed E-state index contributed by atoms with van der Waals surface area (Å²) in [6.45, 7) is 1.51. The van der Waals surface area contributed by atoms with E-state index in [1.54, 1.807) is 43.4 Å². The van der Waals surface area contributed by atoms with E-state index in [1.165, 1.54) is 17.0 Å². The number of anilines is 1. The van der Waals surface area contributed by atoms with E-state index in [2.05, 4.69) is 0 Å². The predicted octanol–water partition coefficient (Wildman–Crippen LogP) is 3.45. The summed E-state index contributed by atoms with van der Waals surface area (Å²) in [6.07, 6.45) is 0.291. The standard InChI is InChI=1S/C19H20FNO4/c1-13(14-3-5-15(20)6-4-14)11-18(22)21(2)16-7-9-17(10-8-16)25-12-19(23)24/h3-10,13H,11-12H2,1-2H3,(H,23,24). The van der Waals surface area contributed by atoms with Crippen LogP contribution in [0.5, 0.6) is 5.75 Å². The van der Waals surface area contributed by atoms with Crippen LogP contribution < -0.4 is 9.64 Å². The number of nitrogens with zero attached hydrogens (tertiary/aromatic N) is 1. The fourth-order valence-corrected chi connectivity index (χ4v) is 2.36. The second kappa shape index (κ2) is 8.28. The zero-order valence-corrected chi connectivity index (χ0v) is 14.1. The highest BCUT2D eigenvalue weighted by Crippen LogP contribution is 2.23. The van der Waals surface area contributed by atoms with Gasteiger partial charge in [-0.3, -0.25) is 4.79 Å². The normalized spacial score (nSPS) is 11.6. The zero-order valence-electron chi connectivity index (χ0n) is 14.1. The lowest BCUT2D eigenvalue weighted by molar-refractivity contribution is -0.139. The van der Waals surface area contributed by atoms with E-state index in [0.29, 0.717) is 17.9 Å². The number of carbonyl (C=O) groups is 2. The molecule has 132 valence electrons. The van der Waals surface area contributed by atoms with Gasteiger partial charge in [0.25, 0.3) is 0 Å². The third-order valence-corrected chi connectivity index (χ3v) is 3.88. The highest BCUT2D eigenvalue weighted by Gasteiger charge is 2.16. The number of benzene rings is 2. The fraction of sp³-hybridized carbons (Fsp3) is 0.263. The lowest BCUT2D eigenvalue weighted by Gasteiger charge is -2.20. The van der Waals surface area contributed by atoms with Gasteiger partial charge in [-0.05, 0) is 47.9 Å². The van der Waals surface area contributed by atoms with Crippen molar-refractivity contribution in [3.63, 3.8) is 0 Å². The summed E-state index contributed by atoms with van der Waals surface area (Å²) in [6, 6.07) is 12.8. The van der Waals surface area contributed by atoms with Gasteiger partial charge in [-0.25, -0.2) is 9.18 Å². The average Bonchev–Trinajstić information content (AvgIpc) is 2.60. The van der Waals surface area contributed by atoms with Crippen molar-refractivity contribution < 1.29 is 23.8 Å². The first-order valence-corrected chi connectivity index (χ1v) is 7.83. The molecule has 0 aliphatic heterocycles. The molecule has 0 saturated carbocycles. The number of rotatable bonds is 7. The van der Waals surface area contributed by atoms with Crippen LogP contribution in [0.4, 0.5) is 10.1 Å². The number of hydrogen-bond donors (Lipinski definition) is 1. The maximum Gasteiger partial charge on any atom is 0.341 e. The maximum atomic E-state index is 13.0. The Labute approximate surface area is 145 Å². The van der Waals surface area contributed by atoms with Crippen LogP contribution in [-0.2, 0) is 9.59 Å². The molecule has 0 aromatic heterocycles. The van der Waals surface area contributed by atoms with Crippen molar-refractivity contribution in [3.05, 3.63) is 59.9 Å². The van der Waals surface area contributed by atoms with Crippen molar-refractivity contribution in [2.75, 3.05) is 18.6 Å². The smallest absolute Gasteiger partial charge is 0.341 e. The van der Waals surface area contributed by atoms with Crippen LogP contribution in [0.1, 0.15) is 24.8 Å². The van der Waals surface area contributed by atoms with Crippen molar-refractivity contribution in [3.8, 4) is 5.75 Å². The highest BCUT2D eigenvalue weighted by molar-refractivity contribution is 5.93. The Morgan fingerprint density at radius 2 is 1.72 bits per heavy atom. The molecule has 1 unspecified atom stereocenters. The number of halogens is 1. The Morgan fingerprint density at radius 3 is 2.28 bits per heavy atom. The van der Waals surface area contributed by atoms with Gasteiger partial charge < -0.3 is 14.7 Å². The minimum absolute atomic E-state index is 0.0336. The topological polar surface area (TPSA) is 66.8 Å². The third kappa shape index (κ3) is 5.31. The highest BCUT2D eigenvalue weighted by atomic mass is 19.1. The molecular formula is C19H20FNO4. The van der Waals surface area contributed by atoms with Crippen LogP contribution in [-0.4, -0.2) is 30.6 Å². The molecule has 0 saturated heterocycles. The van der Waals surface area contributed by atoms with E-state index in [-0.39, 0.29) is 17.6 Å². The summed E-state index contributed by atoms with van der Waals surface area (Å²) in [5.74, 6) is -1.04. The van der Waals surface area contributed by atoms with E-state index in [1.807, 2.05) is 6.92 Å². The Kier molecular flexibility index (Phi) is 6.11. The summed E-state index contributed by atoms with van der Waals surface area (Å²) in [5, 5.41) is 8.58. The second-order valence-electron chi connectivity index (χ2n) is 5.79. The summed E-state index contributed by atoms with van der Waals surface area (Å²) in [5.41, 5.74) is 1.58. The van der Waals surface area contributed by atoms with Gasteiger partial charge in [0, 0.05) is 19.2 Å². The molecule has 25 heavy (non-hydrogen) atoms. The van der Waals surface area contributed by atoms with Gasteiger partial charge in [0.05, 0.1) is 0 Å². The zero-order chi connectivity index (χ0) is 18.4. The lowest BCUT2D eigenvalue weighted by atomic mass is 9.97. The minimum Gasteiger partial charge on any atom is -0.482 e. The molecule has 1 amide bonds. The van der Waals surface area contributed by atoms with Gasteiger partial charge >= 0.3 is 5.97 Å². The summed E-state index contributed by atoms with van der Waals surface area (Å²) in [4.78, 5) is 24.4. The molecule has 2 aromatic carbocycles. The van der Waals surface area contributed by atoms with Crippen LogP contribution in [0, 0.1) is 5.82 Å². The van der Waals surface area contributed by atoms with Gasteiger partial charge in [0.15, 0.2) is 6.61 Å². The van der Waals surface area contributed by atoms with Crippen molar-refractivity contribution in [2.45, 2.75) is 19.3 Å². The molecule has 0 fully saturated rings. The summed E-state index contributed by atoms with van der Waals surface area (Å²) in [7, 11) is 1.67. The third-order valence-electron chi connectivity index (χ3n) is 3.88. The van der Waals surface area contributed by atoms with Crippen molar-refractivity contribution in [2.24, 2.45) is 0 Å². The van der Waals surface area contributed by atoms with Gasteiger partial charge in [-0.2, -0.15) is 0 Å². The molecule has 0 heterocycles. The minimum atomic E-state index is -1.05. The molecule has 0 aliphatic carbocycles. The molecule has 0 radical (unpaired) electrons. The molecule has 6 heteroatoms. The van der Waals surface area contributed by atoms with Crippen LogP contribution >= 0.6 is 0 Å². The molecule has 5 nitrogen and oxygen atoms in total. The number of hydrogen-bond acceptors (Lipinski definition) is 3. The number of carboxylic acids is 1. The van der Waals surface area contributed by atoms with Crippen LogP contribution in [0.15, 0.2) is 48.5 Å². The van der Waals surface area contributed by atoms with E-state index in [9.17, 15) is 14.0 Å². The predicted molar refractivity (Wildman–Crippen MR) is 92.4 cm³/mol. The Hall–Kier alpha value is -2.89. The van der Waals surface area contributed by atoms with Crippen LogP contribution in [0.2, 0.25) is 0 Å². The van der Waals surface area contributed by atoms with E-state index < -0.39 is 12.6 Å². The molecular weight excluding hydrogens is 325 g/mol. The largest absolute Gasteiger partial charge is 0.482 e. The quantitative estimate of drug-likeness (QED) is 0.835. The van der Waals surface area contributed by atoms with Gasteiger partial charge in [-0.15, -0.1) is 0 Å². The second-order valence-corrected chi connectivity index (χ2v) is 5.79. The van der Waals surface area contributed by atoms with Crippen molar-refractivity contribution in [1.29, 1.82) is 0 Å². The molecule has 2 rings (SSSR count). The molecule has 1 N–H and O–H groups in total. The van der Waals surface area contributed by atoms with E-state index in [4.69, 9.17) is 9.84 Å². The number of amides is 1. The first kappa shape index (κ1) is 18.4.